The van der Waals surface area contributed by atoms with Crippen LogP contribution in [-0.4, -0.2) is 33.4 Å². The van der Waals surface area contributed by atoms with E-state index < -0.39 is 0 Å². The lowest BCUT2D eigenvalue weighted by atomic mass is 9.80. The van der Waals surface area contributed by atoms with E-state index in [0.717, 1.165) is 28.8 Å². The highest BCUT2D eigenvalue weighted by Crippen LogP contribution is 2.40. The number of hydrogen-bond donors (Lipinski definition) is 0. The number of benzene rings is 1. The zero-order valence-corrected chi connectivity index (χ0v) is 15.5. The van der Waals surface area contributed by atoms with Crippen LogP contribution >= 0.6 is 0 Å². The molecule has 1 amide bonds. The van der Waals surface area contributed by atoms with Crippen molar-refractivity contribution in [3.05, 3.63) is 88.6 Å². The molecular weight excluding hydrogens is 350 g/mol. The van der Waals surface area contributed by atoms with Crippen LogP contribution in [0.4, 0.5) is 0 Å². The molecule has 2 aliphatic heterocycles. The van der Waals surface area contributed by atoms with Crippen molar-refractivity contribution in [2.24, 2.45) is 5.92 Å². The van der Waals surface area contributed by atoms with Crippen LogP contribution in [0.3, 0.4) is 0 Å². The monoisotopic (exact) mass is 371 g/mol. The van der Waals surface area contributed by atoms with Gasteiger partial charge in [-0.3, -0.25) is 14.6 Å². The summed E-state index contributed by atoms with van der Waals surface area (Å²) < 4.78 is 1.92. The summed E-state index contributed by atoms with van der Waals surface area (Å²) in [5.41, 5.74) is 3.87. The first kappa shape index (κ1) is 16.9. The molecule has 5 heteroatoms. The molecule has 1 fully saturated rings. The maximum absolute atomic E-state index is 13.0. The van der Waals surface area contributed by atoms with E-state index in [-0.39, 0.29) is 17.4 Å². The van der Waals surface area contributed by atoms with Gasteiger partial charge in [0.1, 0.15) is 0 Å². The largest absolute Gasteiger partial charge is 0.338 e. The van der Waals surface area contributed by atoms with E-state index in [1.54, 1.807) is 12.3 Å². The summed E-state index contributed by atoms with van der Waals surface area (Å²) in [5, 5.41) is 0. The van der Waals surface area contributed by atoms with E-state index in [4.69, 9.17) is 0 Å². The Morgan fingerprint density at radius 1 is 0.964 bits per heavy atom. The van der Waals surface area contributed by atoms with E-state index in [2.05, 4.69) is 4.98 Å². The van der Waals surface area contributed by atoms with E-state index in [1.165, 1.54) is 0 Å². The lowest BCUT2D eigenvalue weighted by Gasteiger charge is -2.43. The molecule has 2 atom stereocenters. The van der Waals surface area contributed by atoms with Crippen molar-refractivity contribution in [1.82, 2.24) is 14.5 Å². The van der Waals surface area contributed by atoms with Gasteiger partial charge in [-0.1, -0.05) is 24.3 Å². The van der Waals surface area contributed by atoms with Crippen molar-refractivity contribution in [3.8, 4) is 11.1 Å². The first-order chi connectivity index (χ1) is 13.7. The molecule has 140 valence electrons. The molecule has 2 aliphatic rings. The molecule has 4 heterocycles. The van der Waals surface area contributed by atoms with Crippen molar-refractivity contribution < 1.29 is 4.79 Å². The molecule has 0 spiro atoms. The maximum atomic E-state index is 13.0. The molecule has 5 rings (SSSR count). The van der Waals surface area contributed by atoms with Gasteiger partial charge in [0.15, 0.2) is 0 Å². The Balaban J connectivity index is 1.55. The molecule has 1 saturated heterocycles. The van der Waals surface area contributed by atoms with Gasteiger partial charge in [-0.2, -0.15) is 0 Å². The van der Waals surface area contributed by atoms with Crippen LogP contribution in [0.1, 0.15) is 28.4 Å². The number of fused-ring (bicyclic) bond motifs is 4. The third-order valence-corrected chi connectivity index (χ3v) is 5.87. The number of carbonyl (C=O) groups excluding carboxylic acids is 1. The van der Waals surface area contributed by atoms with Crippen molar-refractivity contribution in [2.75, 3.05) is 13.1 Å². The molecule has 1 aromatic carbocycles. The first-order valence-corrected chi connectivity index (χ1v) is 9.69. The van der Waals surface area contributed by atoms with E-state index >= 15 is 0 Å². The summed E-state index contributed by atoms with van der Waals surface area (Å²) in [6, 6.07) is 16.9. The number of rotatable bonds is 2. The second kappa shape index (κ2) is 6.75. The number of amides is 1. The normalized spacial score (nSPS) is 20.5. The van der Waals surface area contributed by atoms with Gasteiger partial charge in [0.2, 0.25) is 0 Å². The average molecular weight is 371 g/mol. The van der Waals surface area contributed by atoms with Crippen molar-refractivity contribution in [1.29, 1.82) is 0 Å². The molecule has 2 aromatic heterocycles. The number of hydrogen-bond acceptors (Lipinski definition) is 3. The summed E-state index contributed by atoms with van der Waals surface area (Å²) in [6.07, 6.45) is 4.60. The predicted molar refractivity (Wildman–Crippen MR) is 107 cm³/mol. The molecule has 28 heavy (non-hydrogen) atoms. The number of piperidine rings is 1. The number of likely N-dealkylation sites (tertiary alicyclic amines) is 1. The van der Waals surface area contributed by atoms with Crippen molar-refractivity contribution in [3.63, 3.8) is 0 Å². The number of nitrogens with zero attached hydrogens (tertiary/aromatic N) is 3. The van der Waals surface area contributed by atoms with Gasteiger partial charge >= 0.3 is 0 Å². The number of aromatic nitrogens is 2. The standard InChI is InChI=1S/C23H21N3O2/c27-21-9-8-20(18-7-4-10-24-12-18)22-19-11-16(14-26(21)22)13-25(15-19)23(28)17-5-2-1-3-6-17/h1-10,12,16,19H,11,13-15H2/t16-,19-/m1/s1. The summed E-state index contributed by atoms with van der Waals surface area (Å²) >= 11 is 0. The van der Waals surface area contributed by atoms with Crippen LogP contribution < -0.4 is 5.56 Å². The Morgan fingerprint density at radius 3 is 2.61 bits per heavy atom. The van der Waals surface area contributed by atoms with Gasteiger partial charge < -0.3 is 9.47 Å². The molecular formula is C23H21N3O2. The maximum Gasteiger partial charge on any atom is 0.253 e. The zero-order chi connectivity index (χ0) is 19.1. The van der Waals surface area contributed by atoms with Crippen LogP contribution in [-0.2, 0) is 6.54 Å². The van der Waals surface area contributed by atoms with Gasteiger partial charge in [0, 0.05) is 66.4 Å². The van der Waals surface area contributed by atoms with Crippen molar-refractivity contribution >= 4 is 5.91 Å². The van der Waals surface area contributed by atoms with Crippen LogP contribution in [0.2, 0.25) is 0 Å². The molecule has 0 N–H and O–H groups in total. The minimum atomic E-state index is 0.0418. The molecule has 0 radical (unpaired) electrons. The fraction of sp³-hybridized carbons (Fsp3) is 0.261. The molecule has 3 aromatic rings. The van der Waals surface area contributed by atoms with Crippen molar-refractivity contribution in [2.45, 2.75) is 18.9 Å². The predicted octanol–water partition coefficient (Wildman–Crippen LogP) is 3.17. The topological polar surface area (TPSA) is 55.2 Å². The summed E-state index contributed by atoms with van der Waals surface area (Å²) in [4.78, 5) is 31.8. The molecule has 5 nitrogen and oxygen atoms in total. The van der Waals surface area contributed by atoms with Gasteiger partial charge in [0.05, 0.1) is 0 Å². The highest BCUT2D eigenvalue weighted by Gasteiger charge is 2.38. The third-order valence-electron chi connectivity index (χ3n) is 5.87. The first-order valence-electron chi connectivity index (χ1n) is 9.69. The quantitative estimate of drug-likeness (QED) is 0.695. The average Bonchev–Trinajstić information content (AvgIpc) is 2.75. The van der Waals surface area contributed by atoms with Crippen LogP contribution in [0.5, 0.6) is 0 Å². The minimum absolute atomic E-state index is 0.0418. The van der Waals surface area contributed by atoms with E-state index in [9.17, 15) is 9.59 Å². The summed E-state index contributed by atoms with van der Waals surface area (Å²) in [7, 11) is 0. The Kier molecular flexibility index (Phi) is 4.08. The van der Waals surface area contributed by atoms with Crippen LogP contribution in [0.15, 0.2) is 71.8 Å². The SMILES string of the molecule is O=C(c1ccccc1)N1C[C@H]2C[C@H](C1)c1c(-c3cccnc3)ccc(=O)n1C2. The smallest absolute Gasteiger partial charge is 0.253 e. The Morgan fingerprint density at radius 2 is 1.82 bits per heavy atom. The second-order valence-corrected chi connectivity index (χ2v) is 7.70. The van der Waals surface area contributed by atoms with Gasteiger partial charge in [0.25, 0.3) is 11.5 Å². The van der Waals surface area contributed by atoms with Crippen LogP contribution in [0, 0.1) is 5.92 Å². The molecule has 0 saturated carbocycles. The Hall–Kier alpha value is -3.21. The lowest BCUT2D eigenvalue weighted by molar-refractivity contribution is 0.0595. The zero-order valence-electron chi connectivity index (χ0n) is 15.5. The lowest BCUT2D eigenvalue weighted by Crippen LogP contribution is -2.49. The molecule has 0 unspecified atom stereocenters. The highest BCUT2D eigenvalue weighted by atomic mass is 16.2. The fourth-order valence-corrected chi connectivity index (χ4v) is 4.71. The summed E-state index contributed by atoms with van der Waals surface area (Å²) in [5.74, 6) is 0.537. The van der Waals surface area contributed by atoms with E-state index in [0.29, 0.717) is 25.6 Å². The molecule has 2 bridgehead atoms. The number of pyridine rings is 2. The third kappa shape index (κ3) is 2.83. The molecule has 0 aliphatic carbocycles. The Bertz CT molecular complexity index is 1080. The van der Waals surface area contributed by atoms with E-state index in [1.807, 2.05) is 64.2 Å². The minimum Gasteiger partial charge on any atom is -0.338 e. The Labute approximate surface area is 163 Å². The van der Waals surface area contributed by atoms with Gasteiger partial charge in [-0.15, -0.1) is 0 Å². The summed E-state index contributed by atoms with van der Waals surface area (Å²) in [6.45, 7) is 2.01. The van der Waals surface area contributed by atoms with Crippen LogP contribution in [0.25, 0.3) is 11.1 Å². The number of carbonyl (C=O) groups is 1. The second-order valence-electron chi connectivity index (χ2n) is 7.70. The van der Waals surface area contributed by atoms with Gasteiger partial charge in [-0.05, 0) is 36.6 Å². The van der Waals surface area contributed by atoms with Gasteiger partial charge in [-0.25, -0.2) is 0 Å². The fourth-order valence-electron chi connectivity index (χ4n) is 4.71. The highest BCUT2D eigenvalue weighted by molar-refractivity contribution is 5.94.